The summed E-state index contributed by atoms with van der Waals surface area (Å²) in [5.74, 6) is -0.222. The molecule has 0 aliphatic carbocycles. The molecule has 1 saturated heterocycles. The van der Waals surface area contributed by atoms with Gasteiger partial charge in [0, 0.05) is 24.1 Å². The molecule has 2 heterocycles. The van der Waals surface area contributed by atoms with E-state index in [0.29, 0.717) is 0 Å². The second-order valence-electron chi connectivity index (χ2n) is 7.52. The number of hydrogen-bond donors (Lipinski definition) is 3. The monoisotopic (exact) mass is 476 g/mol. The number of ether oxygens (including phenoxy) is 1. The SMILES string of the molecule is CC.CNCCCNC=O.Cc1cc(NC(=O)C2CCC(C)O2)ccn1.Cc1cccc(F)c1. The fourth-order valence-corrected chi connectivity index (χ4v) is 2.87. The molecule has 0 saturated carbocycles. The Morgan fingerprint density at radius 2 is 1.91 bits per heavy atom. The summed E-state index contributed by atoms with van der Waals surface area (Å²) in [6, 6.07) is 10.1. The molecule has 190 valence electrons. The molecule has 2 atom stereocenters. The van der Waals surface area contributed by atoms with Gasteiger partial charge in [0.25, 0.3) is 5.91 Å². The van der Waals surface area contributed by atoms with Crippen LogP contribution in [0.4, 0.5) is 10.1 Å². The first-order valence-corrected chi connectivity index (χ1v) is 11.8. The number of rotatable bonds is 7. The van der Waals surface area contributed by atoms with Crippen molar-refractivity contribution in [2.45, 2.75) is 66.1 Å². The molecule has 0 spiro atoms. The topological polar surface area (TPSA) is 92.3 Å². The van der Waals surface area contributed by atoms with Gasteiger partial charge in [-0.25, -0.2) is 4.39 Å². The minimum Gasteiger partial charge on any atom is -0.365 e. The Balaban J connectivity index is 0.000000512. The van der Waals surface area contributed by atoms with Crippen LogP contribution in [0.2, 0.25) is 0 Å². The smallest absolute Gasteiger partial charge is 0.253 e. The van der Waals surface area contributed by atoms with Crippen molar-refractivity contribution in [3.63, 3.8) is 0 Å². The number of carbonyl (C=O) groups excluding carboxylic acids is 2. The molecule has 1 aromatic heterocycles. The zero-order valence-electron chi connectivity index (χ0n) is 21.4. The van der Waals surface area contributed by atoms with E-state index in [-0.39, 0.29) is 23.9 Å². The van der Waals surface area contributed by atoms with Crippen LogP contribution in [0.15, 0.2) is 42.6 Å². The van der Waals surface area contributed by atoms with Crippen LogP contribution in [0.25, 0.3) is 0 Å². The highest BCUT2D eigenvalue weighted by Crippen LogP contribution is 2.20. The maximum Gasteiger partial charge on any atom is 0.253 e. The Morgan fingerprint density at radius 1 is 1.18 bits per heavy atom. The lowest BCUT2D eigenvalue weighted by Crippen LogP contribution is -2.27. The molecule has 1 aliphatic rings. The summed E-state index contributed by atoms with van der Waals surface area (Å²) < 4.78 is 17.7. The molecule has 1 aromatic carbocycles. The quantitative estimate of drug-likeness (QED) is 0.407. The van der Waals surface area contributed by atoms with E-state index in [9.17, 15) is 14.0 Å². The molecule has 2 unspecified atom stereocenters. The van der Waals surface area contributed by atoms with Crippen molar-refractivity contribution < 1.29 is 18.7 Å². The number of benzene rings is 1. The second-order valence-corrected chi connectivity index (χ2v) is 7.52. The summed E-state index contributed by atoms with van der Waals surface area (Å²) in [7, 11) is 1.89. The number of amides is 2. The van der Waals surface area contributed by atoms with Crippen molar-refractivity contribution in [3.05, 3.63) is 59.7 Å². The molecular weight excluding hydrogens is 435 g/mol. The number of hydrogen-bond acceptors (Lipinski definition) is 5. The summed E-state index contributed by atoms with van der Waals surface area (Å²) in [6.07, 6.45) is 5.04. The van der Waals surface area contributed by atoms with E-state index >= 15 is 0 Å². The fraction of sp³-hybridized carbons (Fsp3) is 0.500. The van der Waals surface area contributed by atoms with E-state index in [1.807, 2.05) is 53.8 Å². The predicted molar refractivity (Wildman–Crippen MR) is 136 cm³/mol. The van der Waals surface area contributed by atoms with Crippen molar-refractivity contribution in [3.8, 4) is 0 Å². The van der Waals surface area contributed by atoms with Gasteiger partial charge in [0.2, 0.25) is 6.41 Å². The summed E-state index contributed by atoms with van der Waals surface area (Å²) in [5.41, 5.74) is 2.63. The molecule has 3 rings (SSSR count). The van der Waals surface area contributed by atoms with Gasteiger partial charge in [0.1, 0.15) is 11.9 Å². The Labute approximate surface area is 203 Å². The molecule has 34 heavy (non-hydrogen) atoms. The van der Waals surface area contributed by atoms with E-state index in [2.05, 4.69) is 20.9 Å². The van der Waals surface area contributed by atoms with Gasteiger partial charge >= 0.3 is 0 Å². The van der Waals surface area contributed by atoms with Gasteiger partial charge < -0.3 is 20.7 Å². The molecule has 2 amide bonds. The number of nitrogens with zero attached hydrogens (tertiary/aromatic N) is 1. The summed E-state index contributed by atoms with van der Waals surface area (Å²) in [6.45, 7) is 11.5. The van der Waals surface area contributed by atoms with Crippen LogP contribution in [0.3, 0.4) is 0 Å². The van der Waals surface area contributed by atoms with Crippen LogP contribution >= 0.6 is 0 Å². The number of aryl methyl sites for hydroxylation is 2. The van der Waals surface area contributed by atoms with Gasteiger partial charge in [-0.3, -0.25) is 14.6 Å². The van der Waals surface area contributed by atoms with Crippen LogP contribution in [-0.2, 0) is 14.3 Å². The molecule has 8 heteroatoms. The first-order chi connectivity index (χ1) is 16.3. The number of halogens is 1. The van der Waals surface area contributed by atoms with E-state index in [1.165, 1.54) is 12.1 Å². The maximum atomic E-state index is 12.2. The summed E-state index contributed by atoms with van der Waals surface area (Å²) >= 11 is 0. The van der Waals surface area contributed by atoms with E-state index in [0.717, 1.165) is 55.7 Å². The van der Waals surface area contributed by atoms with Crippen molar-refractivity contribution in [1.82, 2.24) is 15.6 Å². The lowest BCUT2D eigenvalue weighted by atomic mass is 10.2. The van der Waals surface area contributed by atoms with Crippen LogP contribution in [0, 0.1) is 19.7 Å². The van der Waals surface area contributed by atoms with Crippen molar-refractivity contribution in [2.75, 3.05) is 25.5 Å². The summed E-state index contributed by atoms with van der Waals surface area (Å²) in [4.78, 5) is 25.5. The van der Waals surface area contributed by atoms with E-state index in [1.54, 1.807) is 18.3 Å². The fourth-order valence-electron chi connectivity index (χ4n) is 2.87. The highest BCUT2D eigenvalue weighted by atomic mass is 19.1. The maximum absolute atomic E-state index is 12.2. The lowest BCUT2D eigenvalue weighted by Gasteiger charge is -2.11. The predicted octanol–water partition coefficient (Wildman–Crippen LogP) is 4.40. The van der Waals surface area contributed by atoms with E-state index in [4.69, 9.17) is 4.74 Å². The van der Waals surface area contributed by atoms with Crippen LogP contribution < -0.4 is 16.0 Å². The molecule has 0 bridgehead atoms. The van der Waals surface area contributed by atoms with Crippen molar-refractivity contribution >= 4 is 18.0 Å². The zero-order chi connectivity index (χ0) is 25.8. The van der Waals surface area contributed by atoms with Gasteiger partial charge in [0.05, 0.1) is 6.10 Å². The molecule has 1 fully saturated rings. The second kappa shape index (κ2) is 19.6. The Bertz CT molecular complexity index is 803. The number of nitrogens with one attached hydrogen (secondary N) is 3. The molecule has 0 radical (unpaired) electrons. The lowest BCUT2D eigenvalue weighted by molar-refractivity contribution is -0.126. The largest absolute Gasteiger partial charge is 0.365 e. The molecule has 1 aliphatic heterocycles. The normalized spacial score (nSPS) is 15.9. The number of carbonyl (C=O) groups is 2. The van der Waals surface area contributed by atoms with E-state index < -0.39 is 0 Å². The van der Waals surface area contributed by atoms with Crippen LogP contribution in [0.1, 0.15) is 51.3 Å². The van der Waals surface area contributed by atoms with Gasteiger partial charge in [-0.05, 0) is 83.5 Å². The van der Waals surface area contributed by atoms with Gasteiger partial charge in [-0.1, -0.05) is 26.0 Å². The minimum atomic E-state index is -0.302. The third kappa shape index (κ3) is 15.1. The number of anilines is 1. The Morgan fingerprint density at radius 3 is 2.41 bits per heavy atom. The average molecular weight is 477 g/mol. The Hall–Kier alpha value is -2.84. The number of pyridine rings is 1. The molecule has 3 N–H and O–H groups in total. The zero-order valence-corrected chi connectivity index (χ0v) is 21.4. The van der Waals surface area contributed by atoms with Gasteiger partial charge in [-0.15, -0.1) is 0 Å². The highest BCUT2D eigenvalue weighted by molar-refractivity contribution is 5.94. The average Bonchev–Trinajstić information content (AvgIpc) is 3.25. The third-order valence-electron chi connectivity index (χ3n) is 4.50. The highest BCUT2D eigenvalue weighted by Gasteiger charge is 2.28. The first-order valence-electron chi connectivity index (χ1n) is 11.8. The van der Waals surface area contributed by atoms with Gasteiger partial charge in [0.15, 0.2) is 0 Å². The summed E-state index contributed by atoms with van der Waals surface area (Å²) in [5, 5.41) is 8.37. The standard InChI is InChI=1S/C12H16N2O2.C7H7F.C5H12N2O.C2H6/c1-8-7-10(5-6-13-8)14-12(15)11-4-3-9(2)16-11;1-6-3-2-4-7(8)5-6;1-6-3-2-4-7-5-8;1-2/h5-7,9,11H,3-4H2,1-2H3,(H,13,14,15);2-5H,1H3;5-6H,2-4H2,1H3,(H,7,8);1-2H3. The molecule has 7 nitrogen and oxygen atoms in total. The minimum absolute atomic E-state index is 0.0602. The van der Waals surface area contributed by atoms with Crippen molar-refractivity contribution in [2.24, 2.45) is 0 Å². The van der Waals surface area contributed by atoms with Crippen LogP contribution in [-0.4, -0.2) is 49.6 Å². The molecular formula is C26H41FN4O3. The number of aromatic nitrogens is 1. The van der Waals surface area contributed by atoms with Crippen molar-refractivity contribution in [1.29, 1.82) is 0 Å². The first kappa shape index (κ1) is 31.2. The Kier molecular flexibility index (Phi) is 18.0. The van der Waals surface area contributed by atoms with Gasteiger partial charge in [-0.2, -0.15) is 0 Å². The van der Waals surface area contributed by atoms with Crippen LogP contribution in [0.5, 0.6) is 0 Å². The third-order valence-corrected chi connectivity index (χ3v) is 4.50. The molecule has 2 aromatic rings.